The third-order valence-corrected chi connectivity index (χ3v) is 3.06. The number of halogens is 1. The Morgan fingerprint density at radius 1 is 1.33 bits per heavy atom. The zero-order valence-corrected chi connectivity index (χ0v) is 9.01. The summed E-state index contributed by atoms with van der Waals surface area (Å²) in [5.74, 6) is 0. The number of pyridine rings is 1. The van der Waals surface area contributed by atoms with Crippen LogP contribution in [0.15, 0.2) is 24.4 Å². The zero-order chi connectivity index (χ0) is 10.3. The van der Waals surface area contributed by atoms with Gasteiger partial charge in [0.25, 0.3) is 0 Å². The number of benzene rings is 1. The van der Waals surface area contributed by atoms with Gasteiger partial charge < -0.3 is 5.32 Å². The summed E-state index contributed by atoms with van der Waals surface area (Å²) in [6.45, 7) is 1.03. The maximum absolute atomic E-state index is 6.01. The van der Waals surface area contributed by atoms with Gasteiger partial charge in [-0.2, -0.15) is 0 Å². The summed E-state index contributed by atoms with van der Waals surface area (Å²) >= 11 is 6.01. The predicted molar refractivity (Wildman–Crippen MR) is 63.6 cm³/mol. The first-order chi connectivity index (χ1) is 7.34. The molecule has 3 heteroatoms. The van der Waals surface area contributed by atoms with Gasteiger partial charge in [-0.3, -0.25) is 4.98 Å². The second-order valence-corrected chi connectivity index (χ2v) is 4.28. The van der Waals surface area contributed by atoms with Crippen molar-refractivity contribution in [2.24, 2.45) is 0 Å². The number of aromatic nitrogens is 1. The SMILES string of the molecule is Clc1ccc2cnc3c(c2c1)NCCC3. The van der Waals surface area contributed by atoms with Gasteiger partial charge in [0.2, 0.25) is 0 Å². The summed E-state index contributed by atoms with van der Waals surface area (Å²) < 4.78 is 0. The van der Waals surface area contributed by atoms with E-state index in [-0.39, 0.29) is 0 Å². The second-order valence-electron chi connectivity index (χ2n) is 3.84. The average molecular weight is 219 g/mol. The molecule has 0 unspecified atom stereocenters. The van der Waals surface area contributed by atoms with Crippen molar-refractivity contribution in [3.63, 3.8) is 0 Å². The van der Waals surface area contributed by atoms with Crippen molar-refractivity contribution in [3.8, 4) is 0 Å². The van der Waals surface area contributed by atoms with Crippen molar-refractivity contribution < 1.29 is 0 Å². The van der Waals surface area contributed by atoms with Crippen LogP contribution in [0.3, 0.4) is 0 Å². The molecule has 0 amide bonds. The lowest BCUT2D eigenvalue weighted by atomic mass is 10.0. The molecule has 0 fully saturated rings. The Hall–Kier alpha value is -1.28. The van der Waals surface area contributed by atoms with Crippen LogP contribution in [0.4, 0.5) is 5.69 Å². The van der Waals surface area contributed by atoms with E-state index in [1.807, 2.05) is 24.4 Å². The Bertz CT molecular complexity index is 522. The monoisotopic (exact) mass is 218 g/mol. The van der Waals surface area contributed by atoms with Gasteiger partial charge in [0.05, 0.1) is 11.4 Å². The zero-order valence-electron chi connectivity index (χ0n) is 8.26. The predicted octanol–water partition coefficient (Wildman–Crippen LogP) is 3.25. The molecule has 1 aliphatic heterocycles. The van der Waals surface area contributed by atoms with E-state index in [2.05, 4.69) is 10.3 Å². The van der Waals surface area contributed by atoms with Crippen LogP contribution in [0.2, 0.25) is 5.02 Å². The van der Waals surface area contributed by atoms with Gasteiger partial charge in [0.1, 0.15) is 0 Å². The van der Waals surface area contributed by atoms with Crippen LogP contribution < -0.4 is 5.32 Å². The summed E-state index contributed by atoms with van der Waals surface area (Å²) in [4.78, 5) is 4.47. The Morgan fingerprint density at radius 3 is 3.20 bits per heavy atom. The Morgan fingerprint density at radius 2 is 2.27 bits per heavy atom. The lowest BCUT2D eigenvalue weighted by Crippen LogP contribution is -2.13. The number of aryl methyl sites for hydroxylation is 1. The molecule has 3 rings (SSSR count). The number of anilines is 1. The standard InChI is InChI=1S/C12H11ClN2/c13-9-4-3-8-7-15-11-2-1-5-14-12(11)10(8)6-9/h3-4,6-7,14H,1-2,5H2. The van der Waals surface area contributed by atoms with Crippen molar-refractivity contribution in [2.45, 2.75) is 12.8 Å². The summed E-state index contributed by atoms with van der Waals surface area (Å²) in [5.41, 5.74) is 2.33. The lowest BCUT2D eigenvalue weighted by Gasteiger charge is -2.18. The number of hydrogen-bond donors (Lipinski definition) is 1. The quantitative estimate of drug-likeness (QED) is 0.734. The molecule has 0 saturated carbocycles. The Balaban J connectivity index is 2.34. The third-order valence-electron chi connectivity index (χ3n) is 2.82. The molecule has 2 nitrogen and oxygen atoms in total. The molecule has 1 aromatic carbocycles. The van der Waals surface area contributed by atoms with E-state index in [0.717, 1.165) is 35.5 Å². The molecule has 0 bridgehead atoms. The molecule has 15 heavy (non-hydrogen) atoms. The molecule has 0 aliphatic carbocycles. The highest BCUT2D eigenvalue weighted by atomic mass is 35.5. The fourth-order valence-electron chi connectivity index (χ4n) is 2.08. The fourth-order valence-corrected chi connectivity index (χ4v) is 2.25. The Kier molecular flexibility index (Phi) is 2.03. The Labute approximate surface area is 93.3 Å². The molecule has 2 aromatic rings. The van der Waals surface area contributed by atoms with Crippen LogP contribution in [0.25, 0.3) is 10.8 Å². The lowest BCUT2D eigenvalue weighted by molar-refractivity contribution is 0.806. The summed E-state index contributed by atoms with van der Waals surface area (Å²) in [6.07, 6.45) is 4.15. The summed E-state index contributed by atoms with van der Waals surface area (Å²) in [6, 6.07) is 5.93. The number of nitrogens with one attached hydrogen (secondary N) is 1. The maximum atomic E-state index is 6.01. The van der Waals surface area contributed by atoms with Gasteiger partial charge in [0, 0.05) is 28.5 Å². The van der Waals surface area contributed by atoms with E-state index in [0.29, 0.717) is 0 Å². The molecular formula is C12H11ClN2. The van der Waals surface area contributed by atoms with Crippen molar-refractivity contribution >= 4 is 28.1 Å². The second kappa shape index (κ2) is 3.38. The van der Waals surface area contributed by atoms with Gasteiger partial charge in [-0.05, 0) is 25.0 Å². The van der Waals surface area contributed by atoms with Crippen molar-refractivity contribution in [2.75, 3.05) is 11.9 Å². The summed E-state index contributed by atoms with van der Waals surface area (Å²) in [5, 5.41) is 6.53. The van der Waals surface area contributed by atoms with Gasteiger partial charge >= 0.3 is 0 Å². The highest BCUT2D eigenvalue weighted by molar-refractivity contribution is 6.31. The van der Waals surface area contributed by atoms with Gasteiger partial charge in [0.15, 0.2) is 0 Å². The molecule has 0 radical (unpaired) electrons. The molecule has 1 N–H and O–H groups in total. The minimum Gasteiger partial charge on any atom is -0.383 e. The minimum absolute atomic E-state index is 0.781. The molecule has 2 heterocycles. The van der Waals surface area contributed by atoms with Crippen LogP contribution in [0.1, 0.15) is 12.1 Å². The molecule has 0 saturated heterocycles. The van der Waals surface area contributed by atoms with Crippen molar-refractivity contribution in [1.82, 2.24) is 4.98 Å². The minimum atomic E-state index is 0.781. The summed E-state index contributed by atoms with van der Waals surface area (Å²) in [7, 11) is 0. The van der Waals surface area contributed by atoms with Crippen molar-refractivity contribution in [1.29, 1.82) is 0 Å². The third kappa shape index (κ3) is 1.45. The number of nitrogens with zero attached hydrogens (tertiary/aromatic N) is 1. The molecule has 76 valence electrons. The van der Waals surface area contributed by atoms with E-state index in [9.17, 15) is 0 Å². The molecule has 0 spiro atoms. The van der Waals surface area contributed by atoms with Crippen LogP contribution in [-0.4, -0.2) is 11.5 Å². The largest absolute Gasteiger partial charge is 0.383 e. The average Bonchev–Trinajstić information content (AvgIpc) is 2.29. The molecule has 0 atom stereocenters. The van der Waals surface area contributed by atoms with Crippen LogP contribution in [0, 0.1) is 0 Å². The van der Waals surface area contributed by atoms with Gasteiger partial charge in [-0.25, -0.2) is 0 Å². The van der Waals surface area contributed by atoms with E-state index < -0.39 is 0 Å². The fraction of sp³-hybridized carbons (Fsp3) is 0.250. The number of hydrogen-bond acceptors (Lipinski definition) is 2. The highest BCUT2D eigenvalue weighted by Crippen LogP contribution is 2.30. The first-order valence-corrected chi connectivity index (χ1v) is 5.53. The van der Waals surface area contributed by atoms with Crippen LogP contribution in [-0.2, 0) is 6.42 Å². The van der Waals surface area contributed by atoms with Gasteiger partial charge in [-0.15, -0.1) is 0 Å². The van der Waals surface area contributed by atoms with Crippen LogP contribution >= 0.6 is 11.6 Å². The van der Waals surface area contributed by atoms with E-state index in [4.69, 9.17) is 11.6 Å². The normalized spacial score (nSPS) is 14.7. The van der Waals surface area contributed by atoms with E-state index in [1.165, 1.54) is 11.1 Å². The van der Waals surface area contributed by atoms with E-state index in [1.54, 1.807) is 0 Å². The van der Waals surface area contributed by atoms with E-state index >= 15 is 0 Å². The number of fused-ring (bicyclic) bond motifs is 3. The molecule has 1 aliphatic rings. The molecule has 1 aromatic heterocycles. The molecular weight excluding hydrogens is 208 g/mol. The highest BCUT2D eigenvalue weighted by Gasteiger charge is 2.12. The van der Waals surface area contributed by atoms with Gasteiger partial charge in [-0.1, -0.05) is 17.7 Å². The van der Waals surface area contributed by atoms with Crippen LogP contribution in [0.5, 0.6) is 0 Å². The number of rotatable bonds is 0. The van der Waals surface area contributed by atoms with Crippen molar-refractivity contribution in [3.05, 3.63) is 35.1 Å². The smallest absolute Gasteiger partial charge is 0.0641 e. The maximum Gasteiger partial charge on any atom is 0.0641 e. The topological polar surface area (TPSA) is 24.9 Å². The first-order valence-electron chi connectivity index (χ1n) is 5.15. The first kappa shape index (κ1) is 8.98.